The van der Waals surface area contributed by atoms with Gasteiger partial charge in [-0.15, -0.1) is 48.0 Å². The SMILES string of the molecule is CC=CF.Cl.Cl.ClCl.F.F.FC(Cl)C(Cl)C(F)(F)Cl.FC(F)=CC(F)F.FC(F)C(Cl)C(F)(F)Cl.FC=CC(F)(F)Cl. The molecule has 42 heavy (non-hydrogen) atoms. The number of alkyl halides is 17. The summed E-state index contributed by atoms with van der Waals surface area (Å²) in [6, 6.07) is 0. The quantitative estimate of drug-likeness (QED) is 0.184. The molecule has 3 unspecified atom stereocenters. The van der Waals surface area contributed by atoms with E-state index in [1.165, 1.54) is 6.08 Å². The molecule has 0 aromatic rings. The number of hydrogen-bond donors (Lipinski definition) is 0. The minimum atomic E-state index is -4.03. The highest BCUT2D eigenvalue weighted by atomic mass is 36.5. The molecule has 0 aliphatic carbocycles. The van der Waals surface area contributed by atoms with Crippen molar-refractivity contribution in [3.8, 4) is 0 Å². The molecule has 0 heterocycles. The summed E-state index contributed by atoms with van der Waals surface area (Å²) >= 11 is 26.3. The van der Waals surface area contributed by atoms with E-state index in [1.54, 1.807) is 6.92 Å². The fourth-order valence-corrected chi connectivity index (χ4v) is 0.929. The fourth-order valence-electron chi connectivity index (χ4n) is 0.452. The Labute approximate surface area is 279 Å². The molecule has 0 N–H and O–H groups in total. The minimum Gasteiger partial charge on any atom is -0.269 e. The lowest BCUT2D eigenvalue weighted by atomic mass is 10.4. The lowest BCUT2D eigenvalue weighted by Crippen LogP contribution is -2.28. The minimum absolute atomic E-state index is 0. The lowest BCUT2D eigenvalue weighted by Gasteiger charge is -2.13. The second-order valence-corrected chi connectivity index (χ2v) is 7.51. The molecule has 0 spiro atoms. The largest absolute Gasteiger partial charge is 0.343 e. The van der Waals surface area contributed by atoms with Gasteiger partial charge in [0.05, 0.1) is 12.7 Å². The Morgan fingerprint density at radius 3 is 0.952 bits per heavy atom. The zero-order valence-electron chi connectivity index (χ0n) is 19.1. The van der Waals surface area contributed by atoms with Gasteiger partial charge in [0.2, 0.25) is 0 Å². The van der Waals surface area contributed by atoms with E-state index in [9.17, 15) is 65.9 Å². The molecule has 0 nitrogen and oxygen atoms in total. The molecule has 0 bridgehead atoms. The predicted molar refractivity (Wildman–Crippen MR) is 142 cm³/mol. The normalized spacial score (nSPS) is 12.4. The van der Waals surface area contributed by atoms with Crippen LogP contribution in [0.5, 0.6) is 0 Å². The summed E-state index contributed by atoms with van der Waals surface area (Å²) in [5.41, 5.74) is -2.33. The molecule has 0 fully saturated rings. The topological polar surface area (TPSA) is 0 Å². The first-order valence-corrected chi connectivity index (χ1v) is 11.4. The molecule has 0 aliphatic rings. The lowest BCUT2D eigenvalue weighted by molar-refractivity contribution is 0.0186. The molecule has 266 valence electrons. The van der Waals surface area contributed by atoms with Crippen molar-refractivity contribution in [1.29, 1.82) is 0 Å². The van der Waals surface area contributed by atoms with Gasteiger partial charge >= 0.3 is 16.1 Å². The first-order valence-electron chi connectivity index (χ1n) is 7.80. The second-order valence-electron chi connectivity index (χ2n) is 4.64. The molecule has 0 rings (SSSR count). The molecule has 0 amide bonds. The van der Waals surface area contributed by atoms with E-state index in [4.69, 9.17) is 11.6 Å². The maximum atomic E-state index is 11.7. The van der Waals surface area contributed by atoms with E-state index in [1.807, 2.05) is 0 Å². The number of halogens is 27. The van der Waals surface area contributed by atoms with Crippen LogP contribution in [0.25, 0.3) is 0 Å². The van der Waals surface area contributed by atoms with Crippen molar-refractivity contribution in [3.63, 3.8) is 0 Å². The fraction of sp³-hybridized carbons (Fsp3) is 0.600. The summed E-state index contributed by atoms with van der Waals surface area (Å²) in [7, 11) is 8.22. The predicted octanol–water partition coefficient (Wildman–Crippen LogP) is 14.0. The summed E-state index contributed by atoms with van der Waals surface area (Å²) in [5, 5.41) is -16.1. The zero-order chi connectivity index (χ0) is 32.5. The Balaban J connectivity index is -0.0000000373. The smallest absolute Gasteiger partial charge is 0.269 e. The van der Waals surface area contributed by atoms with Crippen LogP contribution in [0, 0.1) is 0 Å². The molecule has 0 radical (unpaired) electrons. The van der Waals surface area contributed by atoms with Gasteiger partial charge in [0, 0.05) is 33.9 Å². The number of hydrogen-bond acceptors (Lipinski definition) is 0. The maximum absolute atomic E-state index is 11.7. The van der Waals surface area contributed by atoms with Gasteiger partial charge in [-0.3, -0.25) is 9.41 Å². The van der Waals surface area contributed by atoms with Crippen LogP contribution in [0.2, 0.25) is 0 Å². The highest BCUT2D eigenvalue weighted by Gasteiger charge is 2.42. The molecule has 0 saturated heterocycles. The first kappa shape index (κ1) is 69.6. The average Bonchev–Trinajstić information content (AvgIpc) is 2.72. The summed E-state index contributed by atoms with van der Waals surface area (Å²) in [6.07, 6.45) is -7.61. The molecular weight excluding hydrogens is 858 g/mol. The standard InChI is InChI=1S/C3H2Cl3F3.C3H2Cl2F4.C3H2ClF3.C3H2F4.C3H5F.Cl2.2ClH.2FH/c4-1(2(5)7)3(6,8)9;4-1(2(6)7)3(5,8)9;4-3(6,7)1-2-5;4-2(5)1-3(6)7;1-2-3-4;1-2;;;;/h2*1-2H;2*1-2H;2-3H,1H3;;4*1H. The van der Waals surface area contributed by atoms with Gasteiger partial charge in [0.25, 0.3) is 18.9 Å². The molecule has 0 saturated carbocycles. The Kier molecular flexibility index (Phi) is 66.2. The summed E-state index contributed by atoms with van der Waals surface area (Å²) < 4.78 is 167. The van der Waals surface area contributed by atoms with E-state index in [0.29, 0.717) is 6.33 Å². The third kappa shape index (κ3) is 72.8. The van der Waals surface area contributed by atoms with Gasteiger partial charge in [0.1, 0.15) is 0 Å². The molecular formula is C15H17Cl10F17. The average molecular weight is 875 g/mol. The van der Waals surface area contributed by atoms with Crippen molar-refractivity contribution >= 4 is 116 Å². The van der Waals surface area contributed by atoms with Crippen molar-refractivity contribution in [3.05, 3.63) is 37.0 Å². The van der Waals surface area contributed by atoms with E-state index in [2.05, 4.69) is 79.7 Å². The molecule has 27 heteroatoms. The monoisotopic (exact) mass is 870 g/mol. The first-order chi connectivity index (χ1) is 16.8. The van der Waals surface area contributed by atoms with Crippen LogP contribution in [-0.4, -0.2) is 45.4 Å². The van der Waals surface area contributed by atoms with Gasteiger partial charge < -0.3 is 0 Å². The van der Waals surface area contributed by atoms with Crippen LogP contribution in [0.1, 0.15) is 6.92 Å². The van der Waals surface area contributed by atoms with Crippen molar-refractivity contribution in [2.45, 2.75) is 52.3 Å². The second kappa shape index (κ2) is 40.0. The third-order valence-electron chi connectivity index (χ3n) is 1.70. The Morgan fingerprint density at radius 2 is 0.952 bits per heavy atom. The van der Waals surface area contributed by atoms with Crippen LogP contribution < -0.4 is 0 Å². The van der Waals surface area contributed by atoms with Gasteiger partial charge in [0.15, 0.2) is 16.4 Å². The molecule has 3 atom stereocenters. The van der Waals surface area contributed by atoms with E-state index >= 15 is 0 Å². The summed E-state index contributed by atoms with van der Waals surface area (Å²) in [4.78, 5) is 0. The summed E-state index contributed by atoms with van der Waals surface area (Å²) in [6.45, 7) is 1.62. The van der Waals surface area contributed by atoms with Crippen molar-refractivity contribution in [1.82, 2.24) is 0 Å². The molecule has 0 aliphatic heterocycles. The Morgan fingerprint density at radius 1 is 0.667 bits per heavy atom. The van der Waals surface area contributed by atoms with E-state index in [-0.39, 0.29) is 46.6 Å². The van der Waals surface area contributed by atoms with Gasteiger partial charge in [-0.05, 0) is 41.7 Å². The van der Waals surface area contributed by atoms with Crippen LogP contribution in [0.15, 0.2) is 37.0 Å². The Hall–Kier alpha value is 0.930. The third-order valence-corrected chi connectivity index (χ3v) is 3.86. The highest BCUT2D eigenvalue weighted by Crippen LogP contribution is 2.33. The highest BCUT2D eigenvalue weighted by molar-refractivity contribution is 6.85. The number of allylic oxidation sites excluding steroid dienone is 3. The zero-order valence-corrected chi connectivity index (χ0v) is 26.8. The van der Waals surface area contributed by atoms with Crippen LogP contribution in [-0.2, 0) is 0 Å². The molecule has 0 aromatic heterocycles. The number of rotatable bonds is 6. The molecule has 0 aromatic carbocycles. The Bertz CT molecular complexity index is 563. The summed E-state index contributed by atoms with van der Waals surface area (Å²) in [5.74, 6) is 0. The maximum Gasteiger partial charge on any atom is 0.343 e. The van der Waals surface area contributed by atoms with Crippen molar-refractivity contribution in [2.75, 3.05) is 0 Å². The van der Waals surface area contributed by atoms with E-state index < -0.39 is 57.5 Å². The van der Waals surface area contributed by atoms with Gasteiger partial charge in [-0.1, -0.05) is 17.7 Å². The van der Waals surface area contributed by atoms with Crippen molar-refractivity contribution < 1.29 is 75.3 Å². The van der Waals surface area contributed by atoms with Crippen LogP contribution in [0.4, 0.5) is 75.3 Å². The van der Waals surface area contributed by atoms with E-state index in [0.717, 1.165) is 0 Å². The van der Waals surface area contributed by atoms with Crippen LogP contribution >= 0.6 is 116 Å². The van der Waals surface area contributed by atoms with Crippen molar-refractivity contribution in [2.24, 2.45) is 0 Å². The van der Waals surface area contributed by atoms with Crippen LogP contribution in [0.3, 0.4) is 0 Å². The van der Waals surface area contributed by atoms with Gasteiger partial charge in [-0.2, -0.15) is 35.1 Å². The van der Waals surface area contributed by atoms with Gasteiger partial charge in [-0.25, -0.2) is 30.7 Å².